The molecule has 1 aromatic heterocycles. The summed E-state index contributed by atoms with van der Waals surface area (Å²) < 4.78 is 11.2. The second-order valence-corrected chi connectivity index (χ2v) is 9.54. The number of rotatable bonds is 5. The van der Waals surface area contributed by atoms with Gasteiger partial charge in [0.2, 0.25) is 5.89 Å². The van der Waals surface area contributed by atoms with Crippen molar-refractivity contribution in [2.24, 2.45) is 0 Å². The number of hydrogen-bond donors (Lipinski definition) is 2. The first-order valence-electron chi connectivity index (χ1n) is 11.4. The molecule has 1 aliphatic rings. The molecule has 2 N–H and O–H groups in total. The van der Waals surface area contributed by atoms with E-state index in [1.807, 2.05) is 4.90 Å². The molecule has 0 radical (unpaired) electrons. The van der Waals surface area contributed by atoms with Crippen LogP contribution < -0.4 is 15.5 Å². The van der Waals surface area contributed by atoms with Crippen LogP contribution in [-0.4, -0.2) is 47.2 Å². The Balaban J connectivity index is 1.36. The second-order valence-electron chi connectivity index (χ2n) is 8.29. The third kappa shape index (κ3) is 5.55. The van der Waals surface area contributed by atoms with Crippen LogP contribution >= 0.6 is 35.4 Å². The Morgan fingerprint density at radius 3 is 2.63 bits per heavy atom. The highest BCUT2D eigenvalue weighted by atomic mass is 35.5. The van der Waals surface area contributed by atoms with E-state index in [4.69, 9.17) is 44.6 Å². The Morgan fingerprint density at radius 1 is 1.08 bits per heavy atom. The van der Waals surface area contributed by atoms with E-state index in [9.17, 15) is 14.9 Å². The molecule has 2 heterocycles. The first-order valence-corrected chi connectivity index (χ1v) is 12.5. The molecular weight excluding hydrogens is 553 g/mol. The van der Waals surface area contributed by atoms with Crippen LogP contribution in [0, 0.1) is 10.1 Å². The summed E-state index contributed by atoms with van der Waals surface area (Å²) in [6, 6.07) is 14.3. The normalized spacial score (nSPS) is 13.4. The minimum atomic E-state index is -0.585. The van der Waals surface area contributed by atoms with Crippen molar-refractivity contribution in [3.05, 3.63) is 80.3 Å². The minimum Gasteiger partial charge on any atom is -0.436 e. The average Bonchev–Trinajstić information content (AvgIpc) is 3.32. The summed E-state index contributed by atoms with van der Waals surface area (Å²) in [4.78, 5) is 30.4. The lowest BCUT2D eigenvalue weighted by molar-refractivity contribution is -0.384. The van der Waals surface area contributed by atoms with E-state index in [1.165, 1.54) is 12.1 Å². The van der Waals surface area contributed by atoms with Crippen LogP contribution in [0.15, 0.2) is 59.0 Å². The number of carbonyl (C=O) groups excluding carboxylic acids is 1. The van der Waals surface area contributed by atoms with E-state index in [-0.39, 0.29) is 22.3 Å². The minimum absolute atomic E-state index is 0.00736. The number of ether oxygens (including phenoxy) is 1. The number of nitrogens with zero attached hydrogens (tertiary/aromatic N) is 3. The number of nitro groups is 1. The third-order valence-electron chi connectivity index (χ3n) is 5.82. The smallest absolute Gasteiger partial charge is 0.270 e. The summed E-state index contributed by atoms with van der Waals surface area (Å²) in [6.07, 6.45) is 0. The summed E-state index contributed by atoms with van der Waals surface area (Å²) in [6.45, 7) is 2.08. The molecule has 0 spiro atoms. The number of carbonyl (C=O) groups is 1. The monoisotopic (exact) mass is 571 g/mol. The summed E-state index contributed by atoms with van der Waals surface area (Å²) >= 11 is 17.8. The molecule has 1 fully saturated rings. The summed E-state index contributed by atoms with van der Waals surface area (Å²) in [5.41, 5.74) is 2.64. The van der Waals surface area contributed by atoms with Crippen molar-refractivity contribution in [3.63, 3.8) is 0 Å². The Morgan fingerprint density at radius 2 is 1.87 bits per heavy atom. The topological polar surface area (TPSA) is 123 Å². The molecule has 0 bridgehead atoms. The van der Waals surface area contributed by atoms with Crippen LogP contribution in [0.25, 0.3) is 22.6 Å². The van der Waals surface area contributed by atoms with Gasteiger partial charge in [-0.2, -0.15) is 0 Å². The second kappa shape index (κ2) is 10.9. The number of aromatic nitrogens is 1. The highest BCUT2D eigenvalue weighted by molar-refractivity contribution is 7.80. The number of hydrogen-bond acceptors (Lipinski definition) is 8. The van der Waals surface area contributed by atoms with Gasteiger partial charge in [-0.1, -0.05) is 23.2 Å². The highest BCUT2D eigenvalue weighted by Gasteiger charge is 2.23. The number of oxazole rings is 1. The number of nitro benzene ring substituents is 1. The lowest BCUT2D eigenvalue weighted by Gasteiger charge is -2.30. The summed E-state index contributed by atoms with van der Waals surface area (Å²) in [5, 5.41) is 17.8. The summed E-state index contributed by atoms with van der Waals surface area (Å²) in [7, 11) is 0. The predicted molar refractivity (Wildman–Crippen MR) is 149 cm³/mol. The zero-order valence-corrected chi connectivity index (χ0v) is 21.9. The first-order chi connectivity index (χ1) is 18.3. The van der Waals surface area contributed by atoms with Crippen molar-refractivity contribution in [3.8, 4) is 11.5 Å². The fourth-order valence-electron chi connectivity index (χ4n) is 4.01. The van der Waals surface area contributed by atoms with Gasteiger partial charge in [-0.25, -0.2) is 4.98 Å². The van der Waals surface area contributed by atoms with E-state index in [0.29, 0.717) is 64.4 Å². The van der Waals surface area contributed by atoms with Crippen LogP contribution in [0.2, 0.25) is 10.0 Å². The lowest BCUT2D eigenvalue weighted by Crippen LogP contribution is -2.39. The van der Waals surface area contributed by atoms with Gasteiger partial charge < -0.3 is 19.4 Å². The van der Waals surface area contributed by atoms with Crippen molar-refractivity contribution in [1.82, 2.24) is 10.3 Å². The zero-order chi connectivity index (χ0) is 26.8. The molecule has 1 aliphatic heterocycles. The Labute approximate surface area is 231 Å². The van der Waals surface area contributed by atoms with Gasteiger partial charge in [0, 0.05) is 35.9 Å². The molecule has 0 saturated carbocycles. The quantitative estimate of drug-likeness (QED) is 0.177. The number of thiocarbonyl (C=S) groups is 1. The standard InChI is InChI=1S/C25H19Cl2N5O5S/c26-14-1-6-22-20(11-14)29-24(37-22)17-12-15(2-4-19(17)27)28-25(38)30-23(33)18-13-16(32(34)35)3-5-21(18)31-7-9-36-10-8-31/h1-6,11-13H,7-10H2,(H2,28,30,33,38). The molecule has 5 rings (SSSR count). The molecule has 0 aliphatic carbocycles. The van der Waals surface area contributed by atoms with E-state index < -0.39 is 10.8 Å². The van der Waals surface area contributed by atoms with Gasteiger partial charge in [0.15, 0.2) is 10.7 Å². The van der Waals surface area contributed by atoms with E-state index in [0.717, 1.165) is 0 Å². The number of benzene rings is 3. The van der Waals surface area contributed by atoms with E-state index >= 15 is 0 Å². The van der Waals surface area contributed by atoms with Gasteiger partial charge in [-0.05, 0) is 54.7 Å². The van der Waals surface area contributed by atoms with Crippen LogP contribution in [0.5, 0.6) is 0 Å². The molecule has 3 aromatic carbocycles. The number of morpholine rings is 1. The van der Waals surface area contributed by atoms with Crippen molar-refractivity contribution in [2.75, 3.05) is 36.5 Å². The summed E-state index contributed by atoms with van der Waals surface area (Å²) in [5.74, 6) is -0.296. The van der Waals surface area contributed by atoms with Gasteiger partial charge in [0.05, 0.1) is 40.0 Å². The van der Waals surface area contributed by atoms with Crippen molar-refractivity contribution < 1.29 is 18.9 Å². The van der Waals surface area contributed by atoms with Crippen molar-refractivity contribution in [1.29, 1.82) is 0 Å². The molecule has 4 aromatic rings. The Bertz CT molecular complexity index is 1570. The van der Waals surface area contributed by atoms with E-state index in [2.05, 4.69) is 15.6 Å². The maximum Gasteiger partial charge on any atom is 0.270 e. The number of fused-ring (bicyclic) bond motifs is 1. The Hall–Kier alpha value is -3.77. The van der Waals surface area contributed by atoms with Gasteiger partial charge in [-0.3, -0.25) is 20.2 Å². The largest absolute Gasteiger partial charge is 0.436 e. The van der Waals surface area contributed by atoms with Crippen LogP contribution in [-0.2, 0) is 4.74 Å². The maximum atomic E-state index is 13.2. The lowest BCUT2D eigenvalue weighted by atomic mass is 10.1. The number of nitrogens with one attached hydrogen (secondary N) is 2. The Kier molecular flexibility index (Phi) is 7.43. The molecule has 0 unspecified atom stereocenters. The number of anilines is 2. The van der Waals surface area contributed by atoms with Crippen LogP contribution in [0.4, 0.5) is 17.1 Å². The third-order valence-corrected chi connectivity index (χ3v) is 6.59. The van der Waals surface area contributed by atoms with Crippen molar-refractivity contribution in [2.45, 2.75) is 0 Å². The SMILES string of the molecule is O=C(NC(=S)Nc1ccc(Cl)c(-c2nc3cc(Cl)ccc3o2)c1)c1cc([N+](=O)[O-])ccc1N1CCOCC1. The first kappa shape index (κ1) is 25.9. The fraction of sp³-hybridized carbons (Fsp3) is 0.160. The molecule has 0 atom stereocenters. The number of amides is 1. The molecule has 10 nitrogen and oxygen atoms in total. The zero-order valence-electron chi connectivity index (χ0n) is 19.6. The molecule has 38 heavy (non-hydrogen) atoms. The highest BCUT2D eigenvalue weighted by Crippen LogP contribution is 2.33. The average molecular weight is 572 g/mol. The van der Waals surface area contributed by atoms with Gasteiger partial charge in [-0.15, -0.1) is 0 Å². The molecule has 13 heteroatoms. The van der Waals surface area contributed by atoms with Crippen molar-refractivity contribution >= 4 is 74.6 Å². The maximum absolute atomic E-state index is 13.2. The molecule has 1 amide bonds. The molecular formula is C25H19Cl2N5O5S. The fourth-order valence-corrected chi connectivity index (χ4v) is 4.59. The van der Waals surface area contributed by atoms with Gasteiger partial charge in [0.1, 0.15) is 5.52 Å². The van der Waals surface area contributed by atoms with Crippen LogP contribution in [0.1, 0.15) is 10.4 Å². The van der Waals surface area contributed by atoms with Gasteiger partial charge in [0.25, 0.3) is 11.6 Å². The number of non-ortho nitro benzene ring substituents is 1. The van der Waals surface area contributed by atoms with E-state index in [1.54, 1.807) is 42.5 Å². The van der Waals surface area contributed by atoms with Gasteiger partial charge >= 0.3 is 0 Å². The predicted octanol–water partition coefficient (Wildman–Crippen LogP) is 5.67. The van der Waals surface area contributed by atoms with Crippen LogP contribution in [0.3, 0.4) is 0 Å². The number of halogens is 2. The molecule has 194 valence electrons. The molecule has 1 saturated heterocycles.